The summed E-state index contributed by atoms with van der Waals surface area (Å²) in [5.41, 5.74) is 4.89. The van der Waals surface area contributed by atoms with Gasteiger partial charge in [-0.3, -0.25) is 9.59 Å². The first-order chi connectivity index (χ1) is 13.0. The van der Waals surface area contributed by atoms with E-state index in [-0.39, 0.29) is 35.0 Å². The summed E-state index contributed by atoms with van der Waals surface area (Å²) in [5, 5.41) is 2.73. The van der Waals surface area contributed by atoms with Crippen molar-refractivity contribution in [1.82, 2.24) is 20.2 Å². The monoisotopic (exact) mass is 391 g/mol. The van der Waals surface area contributed by atoms with E-state index in [9.17, 15) is 18.8 Å². The molecule has 1 saturated heterocycles. The smallest absolute Gasteiger partial charge is 0.407 e. The average Bonchev–Trinajstić information content (AvgIpc) is 3.18. The summed E-state index contributed by atoms with van der Waals surface area (Å²) >= 11 is 0. The van der Waals surface area contributed by atoms with E-state index in [0.29, 0.717) is 13.0 Å². The molecule has 1 fully saturated rings. The van der Waals surface area contributed by atoms with Crippen LogP contribution < -0.4 is 11.1 Å². The number of ether oxygens (including phenoxy) is 1. The molecule has 3 rings (SSSR count). The first-order valence-electron chi connectivity index (χ1n) is 8.81. The first kappa shape index (κ1) is 19.6. The van der Waals surface area contributed by atoms with Gasteiger partial charge in [0.2, 0.25) is 0 Å². The number of alkyl carbamates (subject to hydrolysis) is 1. The maximum absolute atomic E-state index is 13.7. The van der Waals surface area contributed by atoms with Crippen LogP contribution in [0, 0.1) is 5.82 Å². The second-order valence-corrected chi connectivity index (χ2v) is 7.68. The SMILES string of the molecule is CC(C)(C)OC(=O)NC1CCN(C(=O)c2nc3c(C(N)=O)cc(F)cc3[nH]2)C1. The minimum atomic E-state index is -0.835. The number of nitrogens with two attached hydrogens (primary N) is 1. The Balaban J connectivity index is 1.72. The van der Waals surface area contributed by atoms with Crippen molar-refractivity contribution in [3.63, 3.8) is 0 Å². The summed E-state index contributed by atoms with van der Waals surface area (Å²) in [4.78, 5) is 44.5. The van der Waals surface area contributed by atoms with Gasteiger partial charge in [-0.05, 0) is 39.3 Å². The quantitative estimate of drug-likeness (QED) is 0.731. The van der Waals surface area contributed by atoms with Crippen LogP contribution in [0.25, 0.3) is 11.0 Å². The standard InChI is InChI=1S/C18H22FN5O4/c1-18(2,3)28-17(27)21-10-4-5-24(8-10)16(26)15-22-12-7-9(19)6-11(14(20)25)13(12)23-15/h6-7,10H,4-5,8H2,1-3H3,(H2,20,25)(H,21,27)(H,22,23). The highest BCUT2D eigenvalue weighted by molar-refractivity contribution is 6.05. The molecule has 2 aromatic rings. The molecule has 1 aromatic heterocycles. The fourth-order valence-electron chi connectivity index (χ4n) is 3.06. The van der Waals surface area contributed by atoms with Crippen molar-refractivity contribution in [3.05, 3.63) is 29.3 Å². The van der Waals surface area contributed by atoms with Gasteiger partial charge in [-0.25, -0.2) is 14.2 Å². The highest BCUT2D eigenvalue weighted by Gasteiger charge is 2.31. The summed E-state index contributed by atoms with van der Waals surface area (Å²) in [7, 11) is 0. The van der Waals surface area contributed by atoms with Crippen LogP contribution in [-0.2, 0) is 4.74 Å². The predicted molar refractivity (Wildman–Crippen MR) is 98.2 cm³/mol. The van der Waals surface area contributed by atoms with Crippen LogP contribution in [0.2, 0.25) is 0 Å². The van der Waals surface area contributed by atoms with Gasteiger partial charge in [0.25, 0.3) is 11.8 Å². The average molecular weight is 391 g/mol. The maximum atomic E-state index is 13.7. The molecule has 0 spiro atoms. The molecule has 9 nitrogen and oxygen atoms in total. The van der Waals surface area contributed by atoms with Gasteiger partial charge in [0.15, 0.2) is 5.82 Å². The number of rotatable bonds is 3. The number of carbonyl (C=O) groups excluding carboxylic acids is 3. The lowest BCUT2D eigenvalue weighted by atomic mass is 10.1. The Labute approximate surface area is 160 Å². The van der Waals surface area contributed by atoms with Crippen molar-refractivity contribution in [1.29, 1.82) is 0 Å². The number of imidazole rings is 1. The van der Waals surface area contributed by atoms with E-state index in [1.165, 1.54) is 4.90 Å². The highest BCUT2D eigenvalue weighted by Crippen LogP contribution is 2.20. The van der Waals surface area contributed by atoms with E-state index < -0.39 is 29.3 Å². The molecule has 1 aliphatic heterocycles. The molecule has 1 unspecified atom stereocenters. The van der Waals surface area contributed by atoms with Gasteiger partial charge >= 0.3 is 6.09 Å². The fraction of sp³-hybridized carbons (Fsp3) is 0.444. The third-order valence-corrected chi connectivity index (χ3v) is 4.22. The molecule has 0 saturated carbocycles. The molecule has 2 heterocycles. The largest absolute Gasteiger partial charge is 0.444 e. The summed E-state index contributed by atoms with van der Waals surface area (Å²) < 4.78 is 18.9. The molecule has 1 atom stereocenters. The molecule has 28 heavy (non-hydrogen) atoms. The maximum Gasteiger partial charge on any atom is 0.407 e. The van der Waals surface area contributed by atoms with E-state index in [1.807, 2.05) is 0 Å². The third kappa shape index (κ3) is 4.21. The van der Waals surface area contributed by atoms with Crippen molar-refractivity contribution in [2.75, 3.05) is 13.1 Å². The molecular weight excluding hydrogens is 369 g/mol. The minimum absolute atomic E-state index is 0.0268. The number of carbonyl (C=O) groups is 3. The number of primary amides is 1. The summed E-state index contributed by atoms with van der Waals surface area (Å²) in [6, 6.07) is 1.88. The number of nitrogens with one attached hydrogen (secondary N) is 2. The van der Waals surface area contributed by atoms with Gasteiger partial charge in [0, 0.05) is 13.1 Å². The Morgan fingerprint density at radius 1 is 1.36 bits per heavy atom. The lowest BCUT2D eigenvalue weighted by Gasteiger charge is -2.21. The van der Waals surface area contributed by atoms with E-state index >= 15 is 0 Å². The number of fused-ring (bicyclic) bond motifs is 1. The molecule has 1 aliphatic rings. The van der Waals surface area contributed by atoms with Gasteiger partial charge in [0.1, 0.15) is 16.9 Å². The minimum Gasteiger partial charge on any atom is -0.444 e. The molecule has 3 amide bonds. The molecule has 150 valence electrons. The van der Waals surface area contributed by atoms with Crippen LogP contribution in [-0.4, -0.2) is 57.5 Å². The van der Waals surface area contributed by atoms with Crippen LogP contribution in [0.15, 0.2) is 12.1 Å². The Morgan fingerprint density at radius 3 is 2.71 bits per heavy atom. The summed E-state index contributed by atoms with van der Waals surface area (Å²) in [6.07, 6.45) is 0.0175. The number of likely N-dealkylation sites (tertiary alicyclic amines) is 1. The summed E-state index contributed by atoms with van der Waals surface area (Å²) in [5.74, 6) is -1.94. The topological polar surface area (TPSA) is 130 Å². The van der Waals surface area contributed by atoms with Gasteiger partial charge in [-0.1, -0.05) is 0 Å². The van der Waals surface area contributed by atoms with Gasteiger partial charge in [-0.15, -0.1) is 0 Å². The number of aromatic amines is 1. The van der Waals surface area contributed by atoms with Gasteiger partial charge < -0.3 is 25.7 Å². The second-order valence-electron chi connectivity index (χ2n) is 7.68. The number of benzene rings is 1. The van der Waals surface area contributed by atoms with E-state index in [0.717, 1.165) is 12.1 Å². The fourth-order valence-corrected chi connectivity index (χ4v) is 3.06. The van der Waals surface area contributed by atoms with E-state index in [4.69, 9.17) is 10.5 Å². The van der Waals surface area contributed by atoms with Crippen molar-refractivity contribution < 1.29 is 23.5 Å². The predicted octanol–water partition coefficient (Wildman–Crippen LogP) is 1.54. The number of amides is 3. The van der Waals surface area contributed by atoms with Gasteiger partial charge in [-0.2, -0.15) is 0 Å². The number of hydrogen-bond donors (Lipinski definition) is 3. The lowest BCUT2D eigenvalue weighted by Crippen LogP contribution is -2.41. The van der Waals surface area contributed by atoms with Crippen molar-refractivity contribution in [2.45, 2.75) is 38.8 Å². The van der Waals surface area contributed by atoms with Crippen molar-refractivity contribution in [3.8, 4) is 0 Å². The zero-order valence-corrected chi connectivity index (χ0v) is 15.8. The number of aromatic nitrogens is 2. The zero-order valence-electron chi connectivity index (χ0n) is 15.8. The number of hydrogen-bond acceptors (Lipinski definition) is 5. The van der Waals surface area contributed by atoms with Crippen LogP contribution in [0.1, 0.15) is 48.2 Å². The van der Waals surface area contributed by atoms with Crippen LogP contribution in [0.5, 0.6) is 0 Å². The molecular formula is C18H22FN5O4. The van der Waals surface area contributed by atoms with Crippen molar-refractivity contribution in [2.24, 2.45) is 5.73 Å². The van der Waals surface area contributed by atoms with E-state index in [1.54, 1.807) is 20.8 Å². The molecule has 1 aromatic carbocycles. The summed E-state index contributed by atoms with van der Waals surface area (Å²) in [6.45, 7) is 5.99. The molecule has 0 bridgehead atoms. The Bertz CT molecular complexity index is 949. The molecule has 0 aliphatic carbocycles. The molecule has 0 radical (unpaired) electrons. The van der Waals surface area contributed by atoms with Gasteiger partial charge in [0.05, 0.1) is 17.1 Å². The Morgan fingerprint density at radius 2 is 2.07 bits per heavy atom. The highest BCUT2D eigenvalue weighted by atomic mass is 19.1. The Hall–Kier alpha value is -3.17. The Kier molecular flexibility index (Phi) is 4.97. The van der Waals surface area contributed by atoms with E-state index in [2.05, 4.69) is 15.3 Å². The molecule has 4 N–H and O–H groups in total. The molecule has 10 heteroatoms. The lowest BCUT2D eigenvalue weighted by molar-refractivity contribution is 0.0501. The number of H-pyrrole nitrogens is 1. The third-order valence-electron chi connectivity index (χ3n) is 4.22. The van der Waals surface area contributed by atoms with Crippen LogP contribution in [0.4, 0.5) is 9.18 Å². The van der Waals surface area contributed by atoms with Crippen LogP contribution >= 0.6 is 0 Å². The normalized spacial score (nSPS) is 17.0. The number of nitrogens with zero attached hydrogens (tertiary/aromatic N) is 2. The van der Waals surface area contributed by atoms with Crippen LogP contribution in [0.3, 0.4) is 0 Å². The first-order valence-corrected chi connectivity index (χ1v) is 8.81. The van der Waals surface area contributed by atoms with Crippen molar-refractivity contribution >= 4 is 28.9 Å². The second kappa shape index (κ2) is 7.10. The zero-order chi connectivity index (χ0) is 20.6. The number of halogens is 1.